The smallest absolute Gasteiger partial charge is 0.331 e. The third kappa shape index (κ3) is 3.84. The molecule has 27 heavy (non-hydrogen) atoms. The number of esters is 1. The number of rotatable bonds is 6. The first-order chi connectivity index (χ1) is 13.0. The van der Waals surface area contributed by atoms with E-state index in [1.54, 1.807) is 19.1 Å². The molecule has 0 spiro atoms. The molecule has 1 fully saturated rings. The number of amides is 1. The van der Waals surface area contributed by atoms with E-state index in [0.717, 1.165) is 19.3 Å². The lowest BCUT2D eigenvalue weighted by molar-refractivity contribution is -0.152. The summed E-state index contributed by atoms with van der Waals surface area (Å²) in [5.74, 6) is -1.15. The molecule has 0 bridgehead atoms. The number of halogens is 1. The second kappa shape index (κ2) is 8.35. The number of benzene rings is 1. The molecule has 1 aliphatic rings. The Kier molecular flexibility index (Phi) is 6.11. The summed E-state index contributed by atoms with van der Waals surface area (Å²) in [5.41, 5.74) is -0.493. The van der Waals surface area contributed by atoms with Gasteiger partial charge in [0.15, 0.2) is 0 Å². The molecule has 0 saturated heterocycles. The molecule has 1 heterocycles. The lowest BCUT2D eigenvalue weighted by atomic mass is 9.81. The highest BCUT2D eigenvalue weighted by Crippen LogP contribution is 2.35. The first kappa shape index (κ1) is 19.8. The molecular weight excluding hydrogens is 369 g/mol. The van der Waals surface area contributed by atoms with Gasteiger partial charge in [0, 0.05) is 22.8 Å². The number of ether oxygens (including phenoxy) is 2. The van der Waals surface area contributed by atoms with Gasteiger partial charge in [-0.25, -0.2) is 9.18 Å². The Labute approximate surface area is 161 Å². The Morgan fingerprint density at radius 3 is 2.67 bits per heavy atom. The summed E-state index contributed by atoms with van der Waals surface area (Å²) in [7, 11) is 1.51. The second-order valence-corrected chi connectivity index (χ2v) is 7.83. The van der Waals surface area contributed by atoms with Crippen LogP contribution in [0.2, 0.25) is 0 Å². The third-order valence-corrected chi connectivity index (χ3v) is 6.18. The van der Waals surface area contributed by atoms with Gasteiger partial charge in [-0.05, 0) is 31.9 Å². The summed E-state index contributed by atoms with van der Waals surface area (Å²) in [6.07, 6.45) is 3.84. The molecule has 3 rings (SSSR count). The number of methoxy groups -OCH3 is 1. The fourth-order valence-electron chi connectivity index (χ4n) is 3.71. The Hall–Kier alpha value is -1.99. The first-order valence-corrected chi connectivity index (χ1v) is 10.0. The Morgan fingerprint density at radius 2 is 2.00 bits per heavy atom. The van der Waals surface area contributed by atoms with Crippen LogP contribution < -0.4 is 5.32 Å². The molecule has 1 aromatic carbocycles. The number of thiophene rings is 1. The molecule has 5 nitrogen and oxygen atoms in total. The lowest BCUT2D eigenvalue weighted by Gasteiger charge is -2.35. The summed E-state index contributed by atoms with van der Waals surface area (Å²) >= 11 is 1.21. The fraction of sp³-hybridized carbons (Fsp3) is 0.500. The molecule has 1 N–H and O–H groups in total. The van der Waals surface area contributed by atoms with E-state index in [2.05, 4.69) is 5.32 Å². The van der Waals surface area contributed by atoms with Crippen molar-refractivity contribution in [2.45, 2.75) is 51.2 Å². The number of fused-ring (bicyclic) bond motifs is 1. The van der Waals surface area contributed by atoms with Gasteiger partial charge in [-0.3, -0.25) is 4.79 Å². The normalized spacial score (nSPS) is 16.3. The average molecular weight is 393 g/mol. The standard InChI is InChI=1S/C20H24FNO4S/c1-3-26-19(24)20(10-5-4-6-11-20)22-18(23)17-13(12-25-2)16-14(21)8-7-9-15(16)27-17/h7-9H,3-6,10-12H2,1-2H3,(H,22,23). The number of carbonyl (C=O) groups is 2. The Balaban J connectivity index is 1.98. The lowest BCUT2D eigenvalue weighted by Crippen LogP contribution is -2.56. The molecule has 0 unspecified atom stereocenters. The molecule has 2 aromatic rings. The predicted molar refractivity (Wildman–Crippen MR) is 102 cm³/mol. The summed E-state index contributed by atoms with van der Waals surface area (Å²) in [6, 6.07) is 4.77. The minimum Gasteiger partial charge on any atom is -0.464 e. The van der Waals surface area contributed by atoms with Crippen molar-refractivity contribution in [1.82, 2.24) is 5.32 Å². The van der Waals surface area contributed by atoms with Gasteiger partial charge >= 0.3 is 5.97 Å². The first-order valence-electron chi connectivity index (χ1n) is 9.21. The zero-order chi connectivity index (χ0) is 19.4. The van der Waals surface area contributed by atoms with E-state index in [4.69, 9.17) is 9.47 Å². The third-order valence-electron chi connectivity index (χ3n) is 4.98. The highest BCUT2D eigenvalue weighted by atomic mass is 32.1. The van der Waals surface area contributed by atoms with Crippen molar-refractivity contribution in [3.8, 4) is 0 Å². The van der Waals surface area contributed by atoms with Crippen molar-refractivity contribution in [3.05, 3.63) is 34.5 Å². The van der Waals surface area contributed by atoms with E-state index < -0.39 is 11.5 Å². The molecular formula is C20H24FNO4S. The molecule has 0 atom stereocenters. The van der Waals surface area contributed by atoms with Gasteiger partial charge in [-0.2, -0.15) is 0 Å². The van der Waals surface area contributed by atoms with Gasteiger partial charge < -0.3 is 14.8 Å². The van der Waals surface area contributed by atoms with Gasteiger partial charge in [0.25, 0.3) is 5.91 Å². The molecule has 7 heteroatoms. The Morgan fingerprint density at radius 1 is 1.26 bits per heavy atom. The molecule has 0 radical (unpaired) electrons. The van der Waals surface area contributed by atoms with E-state index in [1.807, 2.05) is 0 Å². The van der Waals surface area contributed by atoms with E-state index in [9.17, 15) is 14.0 Å². The maximum Gasteiger partial charge on any atom is 0.331 e. The predicted octanol–water partition coefficient (Wildman–Crippen LogP) is 4.18. The van der Waals surface area contributed by atoms with Crippen LogP contribution in [0.5, 0.6) is 0 Å². The molecule has 1 saturated carbocycles. The molecule has 0 aliphatic heterocycles. The summed E-state index contributed by atoms with van der Waals surface area (Å²) in [6.45, 7) is 2.14. The molecule has 1 amide bonds. The maximum absolute atomic E-state index is 14.4. The van der Waals surface area contributed by atoms with Crippen LogP contribution in [0.15, 0.2) is 18.2 Å². The van der Waals surface area contributed by atoms with Crippen molar-refractivity contribution in [3.63, 3.8) is 0 Å². The highest BCUT2D eigenvalue weighted by molar-refractivity contribution is 7.21. The average Bonchev–Trinajstić information content (AvgIpc) is 3.03. The maximum atomic E-state index is 14.4. The van der Waals surface area contributed by atoms with Crippen LogP contribution in [0, 0.1) is 5.82 Å². The second-order valence-electron chi connectivity index (χ2n) is 6.77. The number of carbonyl (C=O) groups excluding carboxylic acids is 2. The van der Waals surface area contributed by atoms with Crippen molar-refractivity contribution < 1.29 is 23.5 Å². The minimum atomic E-state index is -1.01. The topological polar surface area (TPSA) is 64.6 Å². The van der Waals surface area contributed by atoms with Gasteiger partial charge in [0.1, 0.15) is 11.4 Å². The number of nitrogens with one attached hydrogen (secondary N) is 1. The fourth-order valence-corrected chi connectivity index (χ4v) is 4.83. The van der Waals surface area contributed by atoms with Crippen LogP contribution in [-0.4, -0.2) is 31.1 Å². The number of hydrogen-bond acceptors (Lipinski definition) is 5. The quantitative estimate of drug-likeness (QED) is 0.748. The zero-order valence-electron chi connectivity index (χ0n) is 15.6. The van der Waals surface area contributed by atoms with Crippen LogP contribution in [-0.2, 0) is 20.9 Å². The van der Waals surface area contributed by atoms with E-state index in [-0.39, 0.29) is 24.9 Å². The van der Waals surface area contributed by atoms with Gasteiger partial charge in [-0.15, -0.1) is 11.3 Å². The molecule has 1 aromatic heterocycles. The van der Waals surface area contributed by atoms with E-state index in [1.165, 1.54) is 24.5 Å². The van der Waals surface area contributed by atoms with E-state index in [0.29, 0.717) is 33.4 Å². The zero-order valence-corrected chi connectivity index (χ0v) is 16.4. The Bertz CT molecular complexity index is 842. The van der Waals surface area contributed by atoms with Gasteiger partial charge in [0.2, 0.25) is 0 Å². The highest BCUT2D eigenvalue weighted by Gasteiger charge is 2.43. The van der Waals surface area contributed by atoms with Crippen LogP contribution >= 0.6 is 11.3 Å². The van der Waals surface area contributed by atoms with Crippen LogP contribution in [0.1, 0.15) is 54.3 Å². The van der Waals surface area contributed by atoms with Crippen LogP contribution in [0.25, 0.3) is 10.1 Å². The molecule has 146 valence electrons. The summed E-state index contributed by atoms with van der Waals surface area (Å²) in [4.78, 5) is 26.1. The van der Waals surface area contributed by atoms with Crippen molar-refractivity contribution in [2.24, 2.45) is 0 Å². The monoisotopic (exact) mass is 393 g/mol. The van der Waals surface area contributed by atoms with Gasteiger partial charge in [0.05, 0.1) is 18.1 Å². The summed E-state index contributed by atoms with van der Waals surface area (Å²) < 4.78 is 25.5. The summed E-state index contributed by atoms with van der Waals surface area (Å²) in [5, 5.41) is 3.34. The van der Waals surface area contributed by atoms with Crippen molar-refractivity contribution in [1.29, 1.82) is 0 Å². The number of hydrogen-bond donors (Lipinski definition) is 1. The van der Waals surface area contributed by atoms with Gasteiger partial charge in [-0.1, -0.05) is 25.3 Å². The van der Waals surface area contributed by atoms with Crippen molar-refractivity contribution in [2.75, 3.05) is 13.7 Å². The van der Waals surface area contributed by atoms with E-state index >= 15 is 0 Å². The SMILES string of the molecule is CCOC(=O)C1(NC(=O)c2sc3cccc(F)c3c2COC)CCCCC1. The van der Waals surface area contributed by atoms with Crippen LogP contribution in [0.4, 0.5) is 4.39 Å². The largest absolute Gasteiger partial charge is 0.464 e. The minimum absolute atomic E-state index is 0.121. The molecule has 1 aliphatic carbocycles. The van der Waals surface area contributed by atoms with Crippen LogP contribution in [0.3, 0.4) is 0 Å². The van der Waals surface area contributed by atoms with Crippen molar-refractivity contribution >= 4 is 33.3 Å².